The molecule has 1 N–H and O–H groups in total. The minimum atomic E-state index is 0.707. The van der Waals surface area contributed by atoms with Crippen LogP contribution in [0.3, 0.4) is 0 Å². The van der Waals surface area contributed by atoms with E-state index in [9.17, 15) is 0 Å². The molecule has 1 unspecified atom stereocenters. The number of rotatable bonds is 6. The molecule has 0 spiro atoms. The monoisotopic (exact) mass is 239 g/mol. The van der Waals surface area contributed by atoms with E-state index in [1.165, 1.54) is 25.7 Å². The molecule has 16 heavy (non-hydrogen) atoms. The molecule has 1 aromatic heterocycles. The Morgan fingerprint density at radius 3 is 3.00 bits per heavy atom. The zero-order chi connectivity index (χ0) is 11.2. The third kappa shape index (κ3) is 3.87. The van der Waals surface area contributed by atoms with Crippen molar-refractivity contribution in [1.29, 1.82) is 0 Å². The second-order valence-electron chi connectivity index (χ2n) is 4.56. The van der Waals surface area contributed by atoms with Crippen molar-refractivity contribution >= 4 is 11.8 Å². The molecule has 0 saturated heterocycles. The van der Waals surface area contributed by atoms with E-state index in [1.807, 2.05) is 12.1 Å². The fourth-order valence-corrected chi connectivity index (χ4v) is 3.69. The van der Waals surface area contributed by atoms with Crippen LogP contribution in [0.1, 0.15) is 38.4 Å². The van der Waals surface area contributed by atoms with Crippen molar-refractivity contribution in [3.8, 4) is 0 Å². The molecule has 1 atom stereocenters. The van der Waals surface area contributed by atoms with Gasteiger partial charge >= 0.3 is 0 Å². The van der Waals surface area contributed by atoms with Gasteiger partial charge < -0.3 is 9.73 Å². The lowest BCUT2D eigenvalue weighted by Crippen LogP contribution is -2.23. The van der Waals surface area contributed by atoms with Crippen LogP contribution in [0.2, 0.25) is 0 Å². The van der Waals surface area contributed by atoms with Crippen LogP contribution in [0.4, 0.5) is 0 Å². The van der Waals surface area contributed by atoms with Crippen molar-refractivity contribution in [3.05, 3.63) is 24.2 Å². The molecule has 90 valence electrons. The Labute approximate surface area is 102 Å². The van der Waals surface area contributed by atoms with E-state index in [-0.39, 0.29) is 0 Å². The van der Waals surface area contributed by atoms with Gasteiger partial charge in [-0.3, -0.25) is 0 Å². The van der Waals surface area contributed by atoms with E-state index in [0.717, 1.165) is 24.1 Å². The first-order valence-electron chi connectivity index (χ1n) is 6.23. The lowest BCUT2D eigenvalue weighted by atomic mass is 10.4. The summed E-state index contributed by atoms with van der Waals surface area (Å²) in [4.78, 5) is 0. The first-order chi connectivity index (χ1) is 7.84. The normalized spacial score (nSPS) is 19.1. The summed E-state index contributed by atoms with van der Waals surface area (Å²) in [6, 6.07) is 3.95. The molecule has 1 aliphatic rings. The van der Waals surface area contributed by atoms with Gasteiger partial charge in [-0.05, 0) is 25.0 Å². The van der Waals surface area contributed by atoms with E-state index in [2.05, 4.69) is 24.0 Å². The molecule has 1 aliphatic carbocycles. The summed E-state index contributed by atoms with van der Waals surface area (Å²) in [5, 5.41) is 5.07. The highest BCUT2D eigenvalue weighted by Crippen LogP contribution is 2.31. The molecule has 3 heteroatoms. The maximum absolute atomic E-state index is 5.28. The molecule has 1 heterocycles. The quantitative estimate of drug-likeness (QED) is 0.823. The summed E-state index contributed by atoms with van der Waals surface area (Å²) in [5.41, 5.74) is 0. The van der Waals surface area contributed by atoms with E-state index in [0.29, 0.717) is 5.25 Å². The fraction of sp³-hybridized carbons (Fsp3) is 0.692. The zero-order valence-corrected chi connectivity index (χ0v) is 10.8. The van der Waals surface area contributed by atoms with Crippen LogP contribution in [0.15, 0.2) is 22.8 Å². The molecular formula is C13H21NOS. The van der Waals surface area contributed by atoms with Crippen molar-refractivity contribution < 1.29 is 4.42 Å². The molecule has 1 fully saturated rings. The average Bonchev–Trinajstić information content (AvgIpc) is 2.90. The highest BCUT2D eigenvalue weighted by molar-refractivity contribution is 8.00. The molecule has 0 amide bonds. The summed E-state index contributed by atoms with van der Waals surface area (Å²) in [6.07, 6.45) is 7.45. The largest absolute Gasteiger partial charge is 0.468 e. The molecule has 2 nitrogen and oxygen atoms in total. The van der Waals surface area contributed by atoms with Crippen molar-refractivity contribution in [2.75, 3.05) is 6.54 Å². The second kappa shape index (κ2) is 6.36. The summed E-state index contributed by atoms with van der Waals surface area (Å²) in [6.45, 7) is 4.24. The summed E-state index contributed by atoms with van der Waals surface area (Å²) >= 11 is 2.15. The highest BCUT2D eigenvalue weighted by Gasteiger charge is 2.17. The molecule has 1 aromatic rings. The van der Waals surface area contributed by atoms with Crippen LogP contribution < -0.4 is 5.32 Å². The third-order valence-electron chi connectivity index (χ3n) is 3.04. The molecule has 0 radical (unpaired) electrons. The van der Waals surface area contributed by atoms with Crippen LogP contribution in [0.5, 0.6) is 0 Å². The Hall–Kier alpha value is -0.410. The van der Waals surface area contributed by atoms with E-state index >= 15 is 0 Å². The summed E-state index contributed by atoms with van der Waals surface area (Å²) in [7, 11) is 0. The minimum Gasteiger partial charge on any atom is -0.468 e. The smallest absolute Gasteiger partial charge is 0.117 e. The van der Waals surface area contributed by atoms with Crippen molar-refractivity contribution in [2.24, 2.45) is 0 Å². The maximum atomic E-state index is 5.28. The molecule has 0 bridgehead atoms. The van der Waals surface area contributed by atoms with Gasteiger partial charge in [0.05, 0.1) is 12.8 Å². The van der Waals surface area contributed by atoms with Gasteiger partial charge in [0.15, 0.2) is 0 Å². The average molecular weight is 239 g/mol. The number of nitrogens with one attached hydrogen (secondary N) is 1. The number of thioether (sulfide) groups is 1. The maximum Gasteiger partial charge on any atom is 0.117 e. The van der Waals surface area contributed by atoms with Crippen molar-refractivity contribution in [1.82, 2.24) is 5.32 Å². The fourth-order valence-electron chi connectivity index (χ4n) is 2.21. The Morgan fingerprint density at radius 2 is 2.31 bits per heavy atom. The van der Waals surface area contributed by atoms with Gasteiger partial charge in [-0.2, -0.15) is 11.8 Å². The predicted molar refractivity (Wildman–Crippen MR) is 69.7 cm³/mol. The topological polar surface area (TPSA) is 25.2 Å². The highest BCUT2D eigenvalue weighted by atomic mass is 32.2. The first-order valence-corrected chi connectivity index (χ1v) is 7.17. The Balaban J connectivity index is 1.58. The van der Waals surface area contributed by atoms with Crippen LogP contribution in [0, 0.1) is 0 Å². The zero-order valence-electron chi connectivity index (χ0n) is 9.95. The number of hydrogen-bond donors (Lipinski definition) is 1. The molecule has 0 aromatic carbocycles. The molecule has 0 aliphatic heterocycles. The molecule has 1 saturated carbocycles. The minimum absolute atomic E-state index is 0.707. The van der Waals surface area contributed by atoms with Crippen LogP contribution in [-0.4, -0.2) is 17.0 Å². The van der Waals surface area contributed by atoms with Gasteiger partial charge in [-0.25, -0.2) is 0 Å². The Morgan fingerprint density at radius 1 is 1.50 bits per heavy atom. The van der Waals surface area contributed by atoms with Gasteiger partial charge in [0.1, 0.15) is 5.76 Å². The molecular weight excluding hydrogens is 218 g/mol. The van der Waals surface area contributed by atoms with Crippen LogP contribution in [0.25, 0.3) is 0 Å². The van der Waals surface area contributed by atoms with Gasteiger partial charge in [-0.1, -0.05) is 19.8 Å². The Bertz CT molecular complexity index is 280. The van der Waals surface area contributed by atoms with E-state index < -0.39 is 0 Å². The van der Waals surface area contributed by atoms with Gasteiger partial charge in [0, 0.05) is 17.0 Å². The standard InChI is InChI=1S/C13H21NOS/c1-11(16-13-6-2-3-7-13)9-14-10-12-5-4-8-15-12/h4-5,8,11,13-14H,2-3,6-7,9-10H2,1H3. The lowest BCUT2D eigenvalue weighted by molar-refractivity contribution is 0.484. The second-order valence-corrected chi connectivity index (χ2v) is 6.31. The van der Waals surface area contributed by atoms with Crippen molar-refractivity contribution in [3.63, 3.8) is 0 Å². The van der Waals surface area contributed by atoms with Gasteiger partial charge in [-0.15, -0.1) is 0 Å². The van der Waals surface area contributed by atoms with Crippen LogP contribution >= 0.6 is 11.8 Å². The Kier molecular flexibility index (Phi) is 4.79. The lowest BCUT2D eigenvalue weighted by Gasteiger charge is -2.16. The van der Waals surface area contributed by atoms with E-state index in [1.54, 1.807) is 6.26 Å². The van der Waals surface area contributed by atoms with Crippen molar-refractivity contribution in [2.45, 2.75) is 49.7 Å². The predicted octanol–water partition coefficient (Wildman–Crippen LogP) is 3.43. The first kappa shape index (κ1) is 12.1. The number of furan rings is 1. The number of hydrogen-bond acceptors (Lipinski definition) is 3. The van der Waals surface area contributed by atoms with Gasteiger partial charge in [0.2, 0.25) is 0 Å². The SMILES string of the molecule is CC(CNCc1ccco1)SC1CCCC1. The summed E-state index contributed by atoms with van der Waals surface area (Å²) < 4.78 is 5.28. The van der Waals surface area contributed by atoms with E-state index in [4.69, 9.17) is 4.42 Å². The van der Waals surface area contributed by atoms with Crippen LogP contribution in [-0.2, 0) is 6.54 Å². The van der Waals surface area contributed by atoms with Gasteiger partial charge in [0.25, 0.3) is 0 Å². The summed E-state index contributed by atoms with van der Waals surface area (Å²) in [5.74, 6) is 1.03. The molecule has 2 rings (SSSR count). The third-order valence-corrected chi connectivity index (χ3v) is 4.53.